The van der Waals surface area contributed by atoms with Crippen molar-refractivity contribution < 1.29 is 9.53 Å². The third-order valence-electron chi connectivity index (χ3n) is 2.44. The molecule has 0 spiro atoms. The first-order valence-electron chi connectivity index (χ1n) is 6.11. The standard InChI is InChI=1S/C15H20O2/c1-3-17-15(16)8-6-4-5-7-14-11-9-13(2)10-12-14/h5,7,9-12H,3-4,6,8H2,1-2H3/b7-5+. The van der Waals surface area contributed by atoms with Crippen LogP contribution in [0.5, 0.6) is 0 Å². The summed E-state index contributed by atoms with van der Waals surface area (Å²) in [6.45, 7) is 4.38. The summed E-state index contributed by atoms with van der Waals surface area (Å²) >= 11 is 0. The Labute approximate surface area is 103 Å². The molecule has 0 heterocycles. The van der Waals surface area contributed by atoms with E-state index in [1.165, 1.54) is 11.1 Å². The summed E-state index contributed by atoms with van der Waals surface area (Å²) in [4.78, 5) is 11.1. The van der Waals surface area contributed by atoms with Crippen molar-refractivity contribution in [2.75, 3.05) is 6.61 Å². The molecular formula is C15H20O2. The SMILES string of the molecule is CCOC(=O)CCC/C=C/c1ccc(C)cc1. The zero-order valence-corrected chi connectivity index (χ0v) is 10.6. The molecule has 0 unspecified atom stereocenters. The van der Waals surface area contributed by atoms with Crippen LogP contribution in [0.3, 0.4) is 0 Å². The van der Waals surface area contributed by atoms with Crippen molar-refractivity contribution in [3.63, 3.8) is 0 Å². The molecule has 1 aromatic carbocycles. The molecule has 1 rings (SSSR count). The van der Waals surface area contributed by atoms with E-state index in [9.17, 15) is 4.79 Å². The fraction of sp³-hybridized carbons (Fsp3) is 0.400. The predicted octanol–water partition coefficient (Wildman–Crippen LogP) is 3.74. The Morgan fingerprint density at radius 1 is 1.29 bits per heavy atom. The number of esters is 1. The van der Waals surface area contributed by atoms with Crippen LogP contribution in [0.25, 0.3) is 6.08 Å². The Morgan fingerprint density at radius 3 is 2.65 bits per heavy atom. The van der Waals surface area contributed by atoms with E-state index in [0.29, 0.717) is 13.0 Å². The Hall–Kier alpha value is -1.57. The molecule has 2 nitrogen and oxygen atoms in total. The minimum atomic E-state index is -0.101. The van der Waals surface area contributed by atoms with Crippen LogP contribution in [-0.2, 0) is 9.53 Å². The van der Waals surface area contributed by atoms with Gasteiger partial charge in [-0.05, 0) is 32.3 Å². The number of hydrogen-bond donors (Lipinski definition) is 0. The maximum atomic E-state index is 11.1. The number of hydrogen-bond acceptors (Lipinski definition) is 2. The third kappa shape index (κ3) is 5.91. The second kappa shape index (κ2) is 7.66. The van der Waals surface area contributed by atoms with Crippen LogP contribution in [-0.4, -0.2) is 12.6 Å². The average molecular weight is 232 g/mol. The van der Waals surface area contributed by atoms with Gasteiger partial charge < -0.3 is 4.74 Å². The molecule has 0 radical (unpaired) electrons. The van der Waals surface area contributed by atoms with E-state index in [1.54, 1.807) is 0 Å². The van der Waals surface area contributed by atoms with Gasteiger partial charge in [0.1, 0.15) is 0 Å². The molecule has 0 atom stereocenters. The van der Waals surface area contributed by atoms with Crippen molar-refractivity contribution in [3.8, 4) is 0 Å². The Morgan fingerprint density at radius 2 is 2.00 bits per heavy atom. The topological polar surface area (TPSA) is 26.3 Å². The van der Waals surface area contributed by atoms with Crippen molar-refractivity contribution in [1.82, 2.24) is 0 Å². The second-order valence-electron chi connectivity index (χ2n) is 4.01. The van der Waals surface area contributed by atoms with Crippen LogP contribution in [0.1, 0.15) is 37.3 Å². The highest BCUT2D eigenvalue weighted by Crippen LogP contribution is 2.07. The largest absolute Gasteiger partial charge is 0.466 e. The fourth-order valence-electron chi connectivity index (χ4n) is 1.49. The summed E-state index contributed by atoms with van der Waals surface area (Å²) in [6.07, 6.45) is 6.45. The van der Waals surface area contributed by atoms with Gasteiger partial charge in [0.25, 0.3) is 0 Å². The molecule has 0 aliphatic rings. The van der Waals surface area contributed by atoms with E-state index in [4.69, 9.17) is 4.74 Å². The molecule has 0 amide bonds. The summed E-state index contributed by atoms with van der Waals surface area (Å²) in [5, 5.41) is 0. The highest BCUT2D eigenvalue weighted by molar-refractivity contribution is 5.69. The van der Waals surface area contributed by atoms with Crippen molar-refractivity contribution in [1.29, 1.82) is 0 Å². The highest BCUT2D eigenvalue weighted by Gasteiger charge is 1.98. The van der Waals surface area contributed by atoms with Gasteiger partial charge in [0.15, 0.2) is 0 Å². The van der Waals surface area contributed by atoms with E-state index in [1.807, 2.05) is 6.92 Å². The summed E-state index contributed by atoms with van der Waals surface area (Å²) in [7, 11) is 0. The number of unbranched alkanes of at least 4 members (excludes halogenated alkanes) is 1. The average Bonchev–Trinajstić information content (AvgIpc) is 2.31. The zero-order chi connectivity index (χ0) is 12.5. The molecule has 0 bridgehead atoms. The van der Waals surface area contributed by atoms with Gasteiger partial charge in [-0.1, -0.05) is 42.0 Å². The molecule has 0 N–H and O–H groups in total. The highest BCUT2D eigenvalue weighted by atomic mass is 16.5. The molecule has 92 valence electrons. The zero-order valence-electron chi connectivity index (χ0n) is 10.6. The number of carbonyl (C=O) groups excluding carboxylic acids is 1. The lowest BCUT2D eigenvalue weighted by atomic mass is 10.1. The predicted molar refractivity (Wildman–Crippen MR) is 70.7 cm³/mol. The summed E-state index contributed by atoms with van der Waals surface area (Å²) < 4.78 is 4.86. The van der Waals surface area contributed by atoms with Crippen LogP contribution >= 0.6 is 0 Å². The molecule has 0 fully saturated rings. The minimum absolute atomic E-state index is 0.101. The number of allylic oxidation sites excluding steroid dienone is 1. The van der Waals surface area contributed by atoms with Crippen molar-refractivity contribution >= 4 is 12.0 Å². The van der Waals surface area contributed by atoms with Crippen LogP contribution in [0.15, 0.2) is 30.3 Å². The van der Waals surface area contributed by atoms with Gasteiger partial charge in [-0.25, -0.2) is 0 Å². The smallest absolute Gasteiger partial charge is 0.305 e. The Kier molecular flexibility index (Phi) is 6.08. The quantitative estimate of drug-likeness (QED) is 0.551. The van der Waals surface area contributed by atoms with Crippen LogP contribution in [0, 0.1) is 6.92 Å². The van der Waals surface area contributed by atoms with Crippen LogP contribution in [0.2, 0.25) is 0 Å². The van der Waals surface area contributed by atoms with Gasteiger partial charge in [-0.2, -0.15) is 0 Å². The minimum Gasteiger partial charge on any atom is -0.466 e. The van der Waals surface area contributed by atoms with Crippen LogP contribution in [0.4, 0.5) is 0 Å². The third-order valence-corrected chi connectivity index (χ3v) is 2.44. The number of benzene rings is 1. The number of aryl methyl sites for hydroxylation is 1. The molecule has 2 heteroatoms. The van der Waals surface area contributed by atoms with Gasteiger partial charge in [0, 0.05) is 6.42 Å². The molecule has 0 aliphatic carbocycles. The van der Waals surface area contributed by atoms with Crippen molar-refractivity contribution in [2.45, 2.75) is 33.1 Å². The normalized spacial score (nSPS) is 10.7. The second-order valence-corrected chi connectivity index (χ2v) is 4.01. The molecule has 0 saturated heterocycles. The van der Waals surface area contributed by atoms with E-state index < -0.39 is 0 Å². The first-order chi connectivity index (χ1) is 8.22. The van der Waals surface area contributed by atoms with E-state index >= 15 is 0 Å². The van der Waals surface area contributed by atoms with Gasteiger partial charge >= 0.3 is 5.97 Å². The lowest BCUT2D eigenvalue weighted by Crippen LogP contribution is -2.02. The number of ether oxygens (including phenoxy) is 1. The molecule has 0 saturated carbocycles. The van der Waals surface area contributed by atoms with Crippen LogP contribution < -0.4 is 0 Å². The Balaban J connectivity index is 2.22. The van der Waals surface area contributed by atoms with Crippen molar-refractivity contribution in [2.24, 2.45) is 0 Å². The van der Waals surface area contributed by atoms with Gasteiger partial charge in [0.05, 0.1) is 6.61 Å². The van der Waals surface area contributed by atoms with Crippen molar-refractivity contribution in [3.05, 3.63) is 41.5 Å². The molecule has 0 aromatic heterocycles. The maximum Gasteiger partial charge on any atom is 0.305 e. The summed E-state index contributed by atoms with van der Waals surface area (Å²) in [5.74, 6) is -0.101. The first-order valence-corrected chi connectivity index (χ1v) is 6.11. The van der Waals surface area contributed by atoms with E-state index in [-0.39, 0.29) is 5.97 Å². The Bertz CT molecular complexity index is 363. The summed E-state index contributed by atoms with van der Waals surface area (Å²) in [6, 6.07) is 8.38. The molecular weight excluding hydrogens is 212 g/mol. The maximum absolute atomic E-state index is 11.1. The molecule has 17 heavy (non-hydrogen) atoms. The lowest BCUT2D eigenvalue weighted by Gasteiger charge is -1.99. The van der Waals surface area contributed by atoms with E-state index in [2.05, 4.69) is 43.3 Å². The van der Waals surface area contributed by atoms with E-state index in [0.717, 1.165) is 12.8 Å². The monoisotopic (exact) mass is 232 g/mol. The molecule has 1 aromatic rings. The first kappa shape index (κ1) is 13.5. The van der Waals surface area contributed by atoms with Gasteiger partial charge in [0.2, 0.25) is 0 Å². The lowest BCUT2D eigenvalue weighted by molar-refractivity contribution is -0.143. The van der Waals surface area contributed by atoms with Gasteiger partial charge in [-0.3, -0.25) is 4.79 Å². The molecule has 0 aliphatic heterocycles. The fourth-order valence-corrected chi connectivity index (χ4v) is 1.49. The number of rotatable bonds is 6. The summed E-state index contributed by atoms with van der Waals surface area (Å²) in [5.41, 5.74) is 2.47. The number of carbonyl (C=O) groups is 1. The van der Waals surface area contributed by atoms with Gasteiger partial charge in [-0.15, -0.1) is 0 Å².